The highest BCUT2D eigenvalue weighted by atomic mass is 16.3. The molecule has 2 unspecified atom stereocenters. The summed E-state index contributed by atoms with van der Waals surface area (Å²) in [4.78, 5) is 12.3. The Morgan fingerprint density at radius 3 is 2.89 bits per heavy atom. The Kier molecular flexibility index (Phi) is 4.93. The van der Waals surface area contributed by atoms with Crippen LogP contribution in [0.5, 0.6) is 0 Å². The number of nitrogens with two attached hydrogens (primary N) is 1. The van der Waals surface area contributed by atoms with Gasteiger partial charge >= 0.3 is 0 Å². The smallest absolute Gasteiger partial charge is 0.229 e. The van der Waals surface area contributed by atoms with E-state index in [2.05, 4.69) is 5.32 Å². The van der Waals surface area contributed by atoms with Gasteiger partial charge in [0.2, 0.25) is 5.91 Å². The van der Waals surface area contributed by atoms with Gasteiger partial charge in [0.15, 0.2) is 0 Å². The van der Waals surface area contributed by atoms with E-state index >= 15 is 0 Å². The number of anilines is 1. The second-order valence-corrected chi connectivity index (χ2v) is 5.26. The second-order valence-electron chi connectivity index (χ2n) is 5.26. The Hall–Kier alpha value is -1.39. The molecular formula is C15H22N2O2. The zero-order valence-electron chi connectivity index (χ0n) is 11.1. The van der Waals surface area contributed by atoms with E-state index in [4.69, 9.17) is 10.8 Å². The van der Waals surface area contributed by atoms with Gasteiger partial charge in [0.05, 0.1) is 12.5 Å². The molecule has 0 bridgehead atoms. The van der Waals surface area contributed by atoms with E-state index in [1.54, 1.807) is 6.07 Å². The lowest BCUT2D eigenvalue weighted by molar-refractivity contribution is -0.120. The third-order valence-corrected chi connectivity index (χ3v) is 3.78. The van der Waals surface area contributed by atoms with Crippen molar-refractivity contribution in [1.82, 2.24) is 0 Å². The van der Waals surface area contributed by atoms with Gasteiger partial charge in [-0.05, 0) is 30.5 Å². The molecule has 0 aliphatic heterocycles. The van der Waals surface area contributed by atoms with E-state index in [0.717, 1.165) is 43.4 Å². The predicted molar refractivity (Wildman–Crippen MR) is 75.5 cm³/mol. The van der Waals surface area contributed by atoms with Gasteiger partial charge in [0.1, 0.15) is 0 Å². The average molecular weight is 262 g/mol. The third-order valence-electron chi connectivity index (χ3n) is 3.78. The van der Waals surface area contributed by atoms with Gasteiger partial charge < -0.3 is 16.2 Å². The summed E-state index contributed by atoms with van der Waals surface area (Å²) in [7, 11) is 0. The fourth-order valence-electron chi connectivity index (χ4n) is 2.64. The maximum absolute atomic E-state index is 12.3. The summed E-state index contributed by atoms with van der Waals surface area (Å²) in [6.45, 7) is -0.0212. The van der Waals surface area contributed by atoms with Crippen molar-refractivity contribution in [2.75, 3.05) is 5.32 Å². The molecule has 0 spiro atoms. The Labute approximate surface area is 114 Å². The normalized spacial score (nSPS) is 23.7. The molecule has 4 nitrogen and oxygen atoms in total. The summed E-state index contributed by atoms with van der Waals surface area (Å²) < 4.78 is 0. The molecule has 1 amide bonds. The molecule has 4 N–H and O–H groups in total. The molecule has 1 aliphatic carbocycles. The highest BCUT2D eigenvalue weighted by molar-refractivity contribution is 5.93. The van der Waals surface area contributed by atoms with E-state index in [-0.39, 0.29) is 24.5 Å². The van der Waals surface area contributed by atoms with E-state index < -0.39 is 0 Å². The summed E-state index contributed by atoms with van der Waals surface area (Å²) in [6, 6.07) is 7.24. The SMILES string of the molecule is NC1CCCCCC1C(=O)Nc1cccc(CO)c1. The number of aliphatic hydroxyl groups is 1. The molecule has 0 saturated heterocycles. The minimum absolute atomic E-state index is 0.00416. The zero-order chi connectivity index (χ0) is 13.7. The topological polar surface area (TPSA) is 75.4 Å². The number of hydrogen-bond donors (Lipinski definition) is 3. The molecule has 1 aromatic rings. The number of amides is 1. The van der Waals surface area contributed by atoms with Crippen LogP contribution in [0.25, 0.3) is 0 Å². The highest BCUT2D eigenvalue weighted by Crippen LogP contribution is 2.23. The fraction of sp³-hybridized carbons (Fsp3) is 0.533. The Morgan fingerprint density at radius 1 is 1.32 bits per heavy atom. The van der Waals surface area contributed by atoms with Crippen molar-refractivity contribution in [3.63, 3.8) is 0 Å². The van der Waals surface area contributed by atoms with Gasteiger partial charge in [-0.15, -0.1) is 0 Å². The van der Waals surface area contributed by atoms with Gasteiger partial charge in [0, 0.05) is 11.7 Å². The first-order valence-corrected chi connectivity index (χ1v) is 6.97. The molecular weight excluding hydrogens is 240 g/mol. The predicted octanol–water partition coefficient (Wildman–Crippen LogP) is 2.02. The number of nitrogens with one attached hydrogen (secondary N) is 1. The summed E-state index contributed by atoms with van der Waals surface area (Å²) in [6.07, 6.45) is 5.15. The zero-order valence-corrected chi connectivity index (χ0v) is 11.1. The minimum Gasteiger partial charge on any atom is -0.392 e. The number of aliphatic hydroxyl groups excluding tert-OH is 1. The number of hydrogen-bond acceptors (Lipinski definition) is 3. The molecule has 19 heavy (non-hydrogen) atoms. The van der Waals surface area contributed by atoms with E-state index in [9.17, 15) is 4.79 Å². The first kappa shape index (κ1) is 14.0. The van der Waals surface area contributed by atoms with Crippen LogP contribution in [0.2, 0.25) is 0 Å². The molecule has 1 aliphatic rings. The summed E-state index contributed by atoms with van der Waals surface area (Å²) >= 11 is 0. The van der Waals surface area contributed by atoms with E-state index in [1.807, 2.05) is 18.2 Å². The Balaban J connectivity index is 2.02. The van der Waals surface area contributed by atoms with Crippen LogP contribution in [0, 0.1) is 5.92 Å². The fourth-order valence-corrected chi connectivity index (χ4v) is 2.64. The average Bonchev–Trinajstić information content (AvgIpc) is 2.63. The quantitative estimate of drug-likeness (QED) is 0.729. The van der Waals surface area contributed by atoms with Crippen LogP contribution >= 0.6 is 0 Å². The van der Waals surface area contributed by atoms with E-state index in [0.29, 0.717) is 0 Å². The van der Waals surface area contributed by atoms with Crippen LogP contribution in [0.1, 0.15) is 37.7 Å². The van der Waals surface area contributed by atoms with Crippen molar-refractivity contribution in [2.24, 2.45) is 11.7 Å². The number of carbonyl (C=O) groups is 1. The van der Waals surface area contributed by atoms with Gasteiger partial charge in [-0.25, -0.2) is 0 Å². The molecule has 0 radical (unpaired) electrons. The second kappa shape index (κ2) is 6.68. The minimum atomic E-state index is -0.0970. The van der Waals surface area contributed by atoms with Gasteiger partial charge in [-0.2, -0.15) is 0 Å². The molecule has 1 aromatic carbocycles. The molecule has 2 atom stereocenters. The standard InChI is InChI=1S/C15H22N2O2/c16-14-8-3-1-2-7-13(14)15(19)17-12-6-4-5-11(9-12)10-18/h4-6,9,13-14,18H,1-3,7-8,10,16H2,(H,17,19). The Morgan fingerprint density at radius 2 is 2.11 bits per heavy atom. The number of rotatable bonds is 3. The van der Waals surface area contributed by atoms with Crippen LogP contribution < -0.4 is 11.1 Å². The van der Waals surface area contributed by atoms with Crippen molar-refractivity contribution in [1.29, 1.82) is 0 Å². The Bertz CT molecular complexity index is 434. The van der Waals surface area contributed by atoms with Crippen molar-refractivity contribution >= 4 is 11.6 Å². The van der Waals surface area contributed by atoms with Gasteiger partial charge in [-0.3, -0.25) is 4.79 Å². The van der Waals surface area contributed by atoms with Gasteiger partial charge in [0.25, 0.3) is 0 Å². The van der Waals surface area contributed by atoms with Crippen LogP contribution in [-0.4, -0.2) is 17.1 Å². The summed E-state index contributed by atoms with van der Waals surface area (Å²) in [5, 5.41) is 12.0. The monoisotopic (exact) mass is 262 g/mol. The lowest BCUT2D eigenvalue weighted by Gasteiger charge is -2.20. The van der Waals surface area contributed by atoms with Crippen molar-refractivity contribution < 1.29 is 9.90 Å². The molecule has 0 aromatic heterocycles. The summed E-state index contributed by atoms with van der Waals surface area (Å²) in [5.41, 5.74) is 7.61. The molecule has 4 heteroatoms. The highest BCUT2D eigenvalue weighted by Gasteiger charge is 2.26. The molecule has 104 valence electrons. The first-order valence-electron chi connectivity index (χ1n) is 6.97. The number of benzene rings is 1. The third kappa shape index (κ3) is 3.78. The number of carbonyl (C=O) groups excluding carboxylic acids is 1. The van der Waals surface area contributed by atoms with Crippen molar-refractivity contribution in [3.8, 4) is 0 Å². The lowest BCUT2D eigenvalue weighted by atomic mass is 9.94. The lowest BCUT2D eigenvalue weighted by Crippen LogP contribution is -2.37. The maximum atomic E-state index is 12.3. The molecule has 0 heterocycles. The van der Waals surface area contributed by atoms with Crippen LogP contribution in [0.15, 0.2) is 24.3 Å². The molecule has 1 saturated carbocycles. The van der Waals surface area contributed by atoms with Gasteiger partial charge in [-0.1, -0.05) is 31.4 Å². The van der Waals surface area contributed by atoms with E-state index in [1.165, 1.54) is 0 Å². The summed E-state index contributed by atoms with van der Waals surface area (Å²) in [5.74, 6) is -0.0928. The molecule has 1 fully saturated rings. The molecule has 2 rings (SSSR count). The first-order chi connectivity index (χ1) is 9.20. The van der Waals surface area contributed by atoms with Crippen LogP contribution in [0.3, 0.4) is 0 Å². The van der Waals surface area contributed by atoms with Crippen LogP contribution in [0.4, 0.5) is 5.69 Å². The van der Waals surface area contributed by atoms with Crippen molar-refractivity contribution in [2.45, 2.75) is 44.8 Å². The largest absolute Gasteiger partial charge is 0.392 e. The maximum Gasteiger partial charge on any atom is 0.229 e. The van der Waals surface area contributed by atoms with Crippen molar-refractivity contribution in [3.05, 3.63) is 29.8 Å². The van der Waals surface area contributed by atoms with Crippen LogP contribution in [-0.2, 0) is 11.4 Å².